The summed E-state index contributed by atoms with van der Waals surface area (Å²) in [6, 6.07) is 8.77. The van der Waals surface area contributed by atoms with Crippen molar-refractivity contribution in [3.63, 3.8) is 0 Å². The van der Waals surface area contributed by atoms with Gasteiger partial charge in [-0.05, 0) is 11.6 Å². The Morgan fingerprint density at radius 3 is 2.73 bits per heavy atom. The van der Waals surface area contributed by atoms with Crippen LogP contribution in [0.2, 0.25) is 0 Å². The third-order valence-corrected chi connectivity index (χ3v) is 3.21. The highest BCUT2D eigenvalue weighted by Gasteiger charge is 2.21. The smallest absolute Gasteiger partial charge is 0.326 e. The number of hydrogen-bond acceptors (Lipinski definition) is 3. The molecule has 22 heavy (non-hydrogen) atoms. The van der Waals surface area contributed by atoms with Crippen molar-refractivity contribution in [1.29, 1.82) is 0 Å². The lowest BCUT2D eigenvalue weighted by Gasteiger charge is -2.15. The Bertz CT molecular complexity index is 664. The maximum atomic E-state index is 11.3. The molecule has 0 aliphatic rings. The number of amides is 1. The molecule has 0 fully saturated rings. The molecule has 0 aliphatic carbocycles. The first kappa shape index (κ1) is 15.5. The fourth-order valence-corrected chi connectivity index (χ4v) is 2.08. The molecular weight excluding hydrogens is 282 g/mol. The number of nitrogens with zero attached hydrogens (tertiary/aromatic N) is 2. The third kappa shape index (κ3) is 4.05. The van der Waals surface area contributed by atoms with Crippen LogP contribution in [-0.4, -0.2) is 32.6 Å². The average molecular weight is 299 g/mol. The van der Waals surface area contributed by atoms with Crippen molar-refractivity contribution in [2.75, 3.05) is 0 Å². The van der Waals surface area contributed by atoms with E-state index in [1.807, 2.05) is 34.9 Å². The van der Waals surface area contributed by atoms with Crippen LogP contribution in [0.5, 0.6) is 0 Å². The summed E-state index contributed by atoms with van der Waals surface area (Å²) in [6.45, 7) is 3.92. The Balaban J connectivity index is 2.12. The molecule has 1 aromatic carbocycles. The lowest BCUT2D eigenvalue weighted by Crippen LogP contribution is -2.41. The predicted octanol–water partition coefficient (Wildman–Crippen LogP) is 1.23. The minimum Gasteiger partial charge on any atom is -0.480 e. The topological polar surface area (TPSA) is 84.2 Å². The van der Waals surface area contributed by atoms with Crippen LogP contribution < -0.4 is 5.32 Å². The molecule has 0 saturated heterocycles. The Hall–Kier alpha value is -2.89. The van der Waals surface area contributed by atoms with Crippen molar-refractivity contribution >= 4 is 11.9 Å². The van der Waals surface area contributed by atoms with E-state index in [0.29, 0.717) is 6.54 Å². The summed E-state index contributed by atoms with van der Waals surface area (Å²) in [5.74, 6) is -1.61. The van der Waals surface area contributed by atoms with Crippen LogP contribution >= 0.6 is 0 Å². The minimum absolute atomic E-state index is 0.155. The van der Waals surface area contributed by atoms with Gasteiger partial charge in [-0.25, -0.2) is 9.78 Å². The number of aliphatic carboxylic acids is 1. The van der Waals surface area contributed by atoms with Gasteiger partial charge >= 0.3 is 5.97 Å². The first-order valence-electron chi connectivity index (χ1n) is 6.79. The van der Waals surface area contributed by atoms with Crippen molar-refractivity contribution < 1.29 is 14.7 Å². The standard InChI is InChI=1S/C16H17N3O3/c1-2-15(20)18-14(16(21)22)8-13-9-17-11-19(13)10-12-6-4-3-5-7-12/h2-7,9,11,14H,1,8,10H2,(H,18,20)(H,21,22)/t14-/m0/s1. The molecule has 0 aliphatic heterocycles. The van der Waals surface area contributed by atoms with E-state index in [9.17, 15) is 14.7 Å². The number of benzene rings is 1. The summed E-state index contributed by atoms with van der Waals surface area (Å²) in [6.07, 6.45) is 4.47. The van der Waals surface area contributed by atoms with Crippen LogP contribution in [0.4, 0.5) is 0 Å². The quantitative estimate of drug-likeness (QED) is 0.753. The summed E-state index contributed by atoms with van der Waals surface area (Å²) in [5, 5.41) is 11.6. The lowest BCUT2D eigenvalue weighted by molar-refractivity contribution is -0.141. The van der Waals surface area contributed by atoms with Crippen molar-refractivity contribution in [1.82, 2.24) is 14.9 Å². The number of imidazole rings is 1. The number of carbonyl (C=O) groups is 2. The van der Waals surface area contributed by atoms with E-state index in [1.54, 1.807) is 12.5 Å². The number of rotatable bonds is 7. The van der Waals surface area contributed by atoms with Gasteiger partial charge in [0.15, 0.2) is 0 Å². The molecule has 2 rings (SSSR count). The van der Waals surface area contributed by atoms with Crippen molar-refractivity contribution in [3.05, 3.63) is 66.8 Å². The summed E-state index contributed by atoms with van der Waals surface area (Å²) in [5.41, 5.74) is 1.82. The van der Waals surface area contributed by atoms with E-state index in [4.69, 9.17) is 0 Å². The van der Waals surface area contributed by atoms with Gasteiger partial charge in [0.05, 0.1) is 6.33 Å². The van der Waals surface area contributed by atoms with Crippen LogP contribution in [-0.2, 0) is 22.6 Å². The zero-order chi connectivity index (χ0) is 15.9. The van der Waals surface area contributed by atoms with Crippen LogP contribution in [0.25, 0.3) is 0 Å². The molecule has 1 aromatic heterocycles. The summed E-state index contributed by atoms with van der Waals surface area (Å²) < 4.78 is 1.87. The normalized spacial score (nSPS) is 11.6. The van der Waals surface area contributed by atoms with Gasteiger partial charge in [-0.2, -0.15) is 0 Å². The molecule has 0 unspecified atom stereocenters. The number of carboxylic acid groups (broad SMARTS) is 1. The van der Waals surface area contributed by atoms with Gasteiger partial charge in [-0.15, -0.1) is 0 Å². The van der Waals surface area contributed by atoms with Gasteiger partial charge in [0.1, 0.15) is 6.04 Å². The summed E-state index contributed by atoms with van der Waals surface area (Å²) >= 11 is 0. The number of hydrogen-bond donors (Lipinski definition) is 2. The Kier molecular flexibility index (Phi) is 5.08. The monoisotopic (exact) mass is 299 g/mol. The second kappa shape index (κ2) is 7.21. The molecule has 1 amide bonds. The largest absolute Gasteiger partial charge is 0.480 e. The highest BCUT2D eigenvalue weighted by atomic mass is 16.4. The summed E-state index contributed by atoms with van der Waals surface area (Å²) in [4.78, 5) is 26.7. The van der Waals surface area contributed by atoms with Crippen LogP contribution in [0.15, 0.2) is 55.5 Å². The molecule has 114 valence electrons. The third-order valence-electron chi connectivity index (χ3n) is 3.21. The van der Waals surface area contributed by atoms with Crippen LogP contribution in [0.3, 0.4) is 0 Å². The fraction of sp³-hybridized carbons (Fsp3) is 0.188. The first-order valence-corrected chi connectivity index (χ1v) is 6.79. The molecule has 1 heterocycles. The lowest BCUT2D eigenvalue weighted by atomic mass is 10.1. The van der Waals surface area contributed by atoms with Crippen molar-refractivity contribution in [2.24, 2.45) is 0 Å². The van der Waals surface area contributed by atoms with E-state index in [0.717, 1.165) is 17.3 Å². The number of carbonyl (C=O) groups excluding carboxylic acids is 1. The second-order valence-electron chi connectivity index (χ2n) is 4.81. The van der Waals surface area contributed by atoms with Crippen molar-refractivity contribution in [2.45, 2.75) is 19.0 Å². The molecule has 0 spiro atoms. The molecular formula is C16H17N3O3. The first-order chi connectivity index (χ1) is 10.6. The SMILES string of the molecule is C=CC(=O)N[C@@H](Cc1cncn1Cc1ccccc1)C(=O)O. The number of nitrogens with one attached hydrogen (secondary N) is 1. The molecule has 2 N–H and O–H groups in total. The molecule has 2 aromatic rings. The van der Waals surface area contributed by atoms with Crippen LogP contribution in [0, 0.1) is 0 Å². The zero-order valence-corrected chi connectivity index (χ0v) is 12.0. The average Bonchev–Trinajstić information content (AvgIpc) is 2.94. The Morgan fingerprint density at radius 1 is 1.36 bits per heavy atom. The highest BCUT2D eigenvalue weighted by molar-refractivity contribution is 5.90. The van der Waals surface area contributed by atoms with E-state index >= 15 is 0 Å². The predicted molar refractivity (Wildman–Crippen MR) is 81.2 cm³/mol. The van der Waals surface area contributed by atoms with Gasteiger partial charge in [-0.3, -0.25) is 4.79 Å². The van der Waals surface area contributed by atoms with Gasteiger partial charge < -0.3 is 15.0 Å². The van der Waals surface area contributed by atoms with Gasteiger partial charge in [0.2, 0.25) is 5.91 Å². The Labute approximate surface area is 128 Å². The Morgan fingerprint density at radius 2 is 2.09 bits per heavy atom. The maximum absolute atomic E-state index is 11.3. The molecule has 6 heteroatoms. The molecule has 1 atom stereocenters. The van der Waals surface area contributed by atoms with E-state index in [2.05, 4.69) is 16.9 Å². The zero-order valence-electron chi connectivity index (χ0n) is 12.0. The van der Waals surface area contributed by atoms with Crippen molar-refractivity contribution in [3.8, 4) is 0 Å². The second-order valence-corrected chi connectivity index (χ2v) is 4.81. The fourth-order valence-electron chi connectivity index (χ4n) is 2.08. The molecule has 0 radical (unpaired) electrons. The number of carboxylic acids is 1. The molecule has 0 saturated carbocycles. The van der Waals surface area contributed by atoms with E-state index in [-0.39, 0.29) is 6.42 Å². The van der Waals surface area contributed by atoms with E-state index < -0.39 is 17.9 Å². The van der Waals surface area contributed by atoms with Gasteiger partial charge in [0.25, 0.3) is 0 Å². The van der Waals surface area contributed by atoms with E-state index in [1.165, 1.54) is 0 Å². The number of aromatic nitrogens is 2. The van der Waals surface area contributed by atoms with Gasteiger partial charge in [0, 0.05) is 24.9 Å². The minimum atomic E-state index is -1.09. The maximum Gasteiger partial charge on any atom is 0.326 e. The van der Waals surface area contributed by atoms with Crippen LogP contribution in [0.1, 0.15) is 11.3 Å². The molecule has 0 bridgehead atoms. The van der Waals surface area contributed by atoms with Gasteiger partial charge in [-0.1, -0.05) is 36.9 Å². The summed E-state index contributed by atoms with van der Waals surface area (Å²) in [7, 11) is 0. The highest BCUT2D eigenvalue weighted by Crippen LogP contribution is 2.08. The molecule has 6 nitrogen and oxygen atoms in total.